The minimum absolute atomic E-state index is 0.0708. The molecule has 150 valence electrons. The molecule has 0 radical (unpaired) electrons. The molecule has 0 fully saturated rings. The van der Waals surface area contributed by atoms with E-state index in [9.17, 15) is 18.0 Å². The fourth-order valence-corrected chi connectivity index (χ4v) is 3.43. The summed E-state index contributed by atoms with van der Waals surface area (Å²) in [6.45, 7) is 3.56. The first-order chi connectivity index (χ1) is 13.2. The molecule has 1 amide bonds. The van der Waals surface area contributed by atoms with Crippen LogP contribution in [-0.2, 0) is 24.2 Å². The van der Waals surface area contributed by atoms with Crippen molar-refractivity contribution in [2.75, 3.05) is 18.2 Å². The summed E-state index contributed by atoms with van der Waals surface area (Å²) in [5.74, 6) is -1.30. The lowest BCUT2D eigenvalue weighted by atomic mass is 9.86. The molecule has 0 saturated heterocycles. The Morgan fingerprint density at radius 2 is 1.64 bits per heavy atom. The van der Waals surface area contributed by atoms with Gasteiger partial charge in [0.05, 0.1) is 10.8 Å². The third-order valence-corrected chi connectivity index (χ3v) is 5.67. The third-order valence-electron chi connectivity index (χ3n) is 4.54. The number of benzene rings is 2. The van der Waals surface area contributed by atoms with E-state index in [4.69, 9.17) is 4.74 Å². The quantitative estimate of drug-likeness (QED) is 0.682. The summed E-state index contributed by atoms with van der Waals surface area (Å²) >= 11 is 0. The number of anilines is 1. The van der Waals surface area contributed by atoms with Crippen LogP contribution in [-0.4, -0.2) is 33.2 Å². The molecule has 2 atom stereocenters. The first kappa shape index (κ1) is 21.6. The molecule has 6 nitrogen and oxygen atoms in total. The van der Waals surface area contributed by atoms with Crippen molar-refractivity contribution in [2.24, 2.45) is 5.92 Å². The molecule has 2 unspecified atom stereocenters. The Labute approximate surface area is 165 Å². The monoisotopic (exact) mass is 403 g/mol. The number of rotatable bonds is 8. The van der Waals surface area contributed by atoms with Crippen LogP contribution in [0.2, 0.25) is 0 Å². The van der Waals surface area contributed by atoms with Gasteiger partial charge in [0.25, 0.3) is 5.91 Å². The standard InChI is InChI=1S/C21H25NO5S/c1-4-15(2)20(16-8-6-5-7-9-16)21(24)27-14-19(23)22-17-10-12-18(13-11-17)28(3,25)26/h5-13,15,20H,4,14H2,1-3H3,(H,22,23). The zero-order valence-corrected chi connectivity index (χ0v) is 17.0. The lowest BCUT2D eigenvalue weighted by Crippen LogP contribution is -2.26. The maximum atomic E-state index is 12.6. The first-order valence-electron chi connectivity index (χ1n) is 9.04. The predicted molar refractivity (Wildman–Crippen MR) is 108 cm³/mol. The summed E-state index contributed by atoms with van der Waals surface area (Å²) in [5, 5.41) is 2.59. The Hall–Kier alpha value is -2.67. The van der Waals surface area contributed by atoms with Crippen LogP contribution in [0.15, 0.2) is 59.5 Å². The fraction of sp³-hybridized carbons (Fsp3) is 0.333. The lowest BCUT2D eigenvalue weighted by Gasteiger charge is -2.21. The highest BCUT2D eigenvalue weighted by atomic mass is 32.2. The Morgan fingerprint density at radius 3 is 2.18 bits per heavy atom. The van der Waals surface area contributed by atoms with Crippen molar-refractivity contribution in [3.8, 4) is 0 Å². The van der Waals surface area contributed by atoms with E-state index in [-0.39, 0.29) is 10.8 Å². The molecule has 2 aromatic rings. The van der Waals surface area contributed by atoms with Crippen LogP contribution in [0.25, 0.3) is 0 Å². The van der Waals surface area contributed by atoms with Crippen LogP contribution in [0, 0.1) is 5.92 Å². The van der Waals surface area contributed by atoms with Gasteiger partial charge in [0.15, 0.2) is 16.4 Å². The van der Waals surface area contributed by atoms with Crippen molar-refractivity contribution in [3.05, 3.63) is 60.2 Å². The van der Waals surface area contributed by atoms with E-state index < -0.39 is 34.2 Å². The fourth-order valence-electron chi connectivity index (χ4n) is 2.80. The molecule has 0 aliphatic carbocycles. The van der Waals surface area contributed by atoms with E-state index in [1.165, 1.54) is 24.3 Å². The Bertz CT molecular complexity index is 908. The summed E-state index contributed by atoms with van der Waals surface area (Å²) in [4.78, 5) is 24.8. The van der Waals surface area contributed by atoms with Gasteiger partial charge in [-0.05, 0) is 35.7 Å². The molecule has 0 bridgehead atoms. The van der Waals surface area contributed by atoms with Crippen LogP contribution in [0.5, 0.6) is 0 Å². The predicted octanol–water partition coefficient (Wildman–Crippen LogP) is 3.40. The van der Waals surface area contributed by atoms with E-state index in [2.05, 4.69) is 5.32 Å². The molecular weight excluding hydrogens is 378 g/mol. The highest BCUT2D eigenvalue weighted by Gasteiger charge is 2.27. The van der Waals surface area contributed by atoms with E-state index >= 15 is 0 Å². The minimum Gasteiger partial charge on any atom is -0.455 e. The summed E-state index contributed by atoms with van der Waals surface area (Å²) in [6.07, 6.45) is 1.91. The molecule has 0 spiro atoms. The van der Waals surface area contributed by atoms with E-state index in [0.717, 1.165) is 18.2 Å². The molecule has 7 heteroatoms. The SMILES string of the molecule is CCC(C)C(C(=O)OCC(=O)Nc1ccc(S(C)(=O)=O)cc1)c1ccccc1. The lowest BCUT2D eigenvalue weighted by molar-refractivity contribution is -0.150. The molecule has 0 aliphatic rings. The summed E-state index contributed by atoms with van der Waals surface area (Å²) in [6, 6.07) is 15.2. The van der Waals surface area contributed by atoms with Crippen molar-refractivity contribution >= 4 is 27.4 Å². The van der Waals surface area contributed by atoms with E-state index in [0.29, 0.717) is 5.69 Å². The molecular formula is C21H25NO5S. The van der Waals surface area contributed by atoms with Crippen molar-refractivity contribution in [1.29, 1.82) is 0 Å². The maximum absolute atomic E-state index is 12.6. The topological polar surface area (TPSA) is 89.5 Å². The maximum Gasteiger partial charge on any atom is 0.314 e. The highest BCUT2D eigenvalue weighted by Crippen LogP contribution is 2.28. The van der Waals surface area contributed by atoms with Gasteiger partial charge in [-0.25, -0.2) is 8.42 Å². The van der Waals surface area contributed by atoms with Crippen molar-refractivity contribution < 1.29 is 22.7 Å². The van der Waals surface area contributed by atoms with Crippen LogP contribution in [0.3, 0.4) is 0 Å². The second-order valence-electron chi connectivity index (χ2n) is 6.73. The molecule has 28 heavy (non-hydrogen) atoms. The third kappa shape index (κ3) is 5.92. The number of ether oxygens (including phenoxy) is 1. The Kier molecular flexibility index (Phi) is 7.34. The van der Waals surface area contributed by atoms with Crippen LogP contribution < -0.4 is 5.32 Å². The van der Waals surface area contributed by atoms with E-state index in [1.807, 2.05) is 44.2 Å². The number of nitrogens with one attached hydrogen (secondary N) is 1. The number of carbonyl (C=O) groups excluding carboxylic acids is 2. The molecule has 0 aliphatic heterocycles. The highest BCUT2D eigenvalue weighted by molar-refractivity contribution is 7.90. The summed E-state index contributed by atoms with van der Waals surface area (Å²) in [5.41, 5.74) is 1.29. The van der Waals surface area contributed by atoms with Gasteiger partial charge in [-0.2, -0.15) is 0 Å². The molecule has 1 N–H and O–H groups in total. The number of sulfone groups is 1. The van der Waals surface area contributed by atoms with Gasteiger partial charge in [-0.3, -0.25) is 9.59 Å². The Morgan fingerprint density at radius 1 is 1.04 bits per heavy atom. The zero-order valence-electron chi connectivity index (χ0n) is 16.2. The smallest absolute Gasteiger partial charge is 0.314 e. The second kappa shape index (κ2) is 9.50. The van der Waals surface area contributed by atoms with E-state index in [1.54, 1.807) is 0 Å². The molecule has 0 heterocycles. The largest absolute Gasteiger partial charge is 0.455 e. The van der Waals surface area contributed by atoms with Crippen molar-refractivity contribution in [2.45, 2.75) is 31.1 Å². The van der Waals surface area contributed by atoms with Gasteiger partial charge in [-0.15, -0.1) is 0 Å². The van der Waals surface area contributed by atoms with Crippen molar-refractivity contribution in [3.63, 3.8) is 0 Å². The molecule has 2 rings (SSSR count). The molecule has 0 aromatic heterocycles. The van der Waals surface area contributed by atoms with Gasteiger partial charge in [-0.1, -0.05) is 50.6 Å². The molecule has 0 saturated carbocycles. The van der Waals surface area contributed by atoms with Crippen LogP contribution in [0.4, 0.5) is 5.69 Å². The zero-order chi connectivity index (χ0) is 20.7. The minimum atomic E-state index is -3.30. The number of hydrogen-bond donors (Lipinski definition) is 1. The van der Waals surface area contributed by atoms with Gasteiger partial charge in [0.1, 0.15) is 0 Å². The summed E-state index contributed by atoms with van der Waals surface area (Å²) < 4.78 is 28.2. The summed E-state index contributed by atoms with van der Waals surface area (Å²) in [7, 11) is -3.30. The van der Waals surface area contributed by atoms with Gasteiger partial charge in [0.2, 0.25) is 0 Å². The Balaban J connectivity index is 1.97. The van der Waals surface area contributed by atoms with Crippen molar-refractivity contribution in [1.82, 2.24) is 0 Å². The van der Waals surface area contributed by atoms with Gasteiger partial charge < -0.3 is 10.1 Å². The van der Waals surface area contributed by atoms with Crippen LogP contribution >= 0.6 is 0 Å². The molecule has 2 aromatic carbocycles. The number of esters is 1. The average Bonchev–Trinajstić information content (AvgIpc) is 2.67. The average molecular weight is 404 g/mol. The second-order valence-corrected chi connectivity index (χ2v) is 8.74. The number of hydrogen-bond acceptors (Lipinski definition) is 5. The van der Waals surface area contributed by atoms with Crippen LogP contribution in [0.1, 0.15) is 31.7 Å². The first-order valence-corrected chi connectivity index (χ1v) is 10.9. The normalized spacial score (nSPS) is 13.4. The number of carbonyl (C=O) groups is 2. The van der Waals surface area contributed by atoms with Gasteiger partial charge >= 0.3 is 5.97 Å². The number of amides is 1. The van der Waals surface area contributed by atoms with Gasteiger partial charge in [0, 0.05) is 11.9 Å².